The first-order valence-electron chi connectivity index (χ1n) is 5.49. The first kappa shape index (κ1) is 12.1. The third-order valence-electron chi connectivity index (χ3n) is 2.40. The van der Waals surface area contributed by atoms with Crippen LogP contribution in [0.3, 0.4) is 0 Å². The molecule has 0 aliphatic heterocycles. The summed E-state index contributed by atoms with van der Waals surface area (Å²) in [4.78, 5) is 0. The molecule has 1 aromatic rings. The van der Waals surface area contributed by atoms with E-state index in [4.69, 9.17) is 4.74 Å². The van der Waals surface area contributed by atoms with Crippen LogP contribution in [0.15, 0.2) is 24.3 Å². The number of anilines is 1. The monoisotopic (exact) mass is 207 g/mol. The smallest absolute Gasteiger partial charge is 0.0661 e. The molecule has 0 amide bonds. The number of methoxy groups -OCH3 is 1. The van der Waals surface area contributed by atoms with Gasteiger partial charge in [-0.3, -0.25) is 0 Å². The summed E-state index contributed by atoms with van der Waals surface area (Å²) in [5, 5.41) is 3.47. The Morgan fingerprint density at radius 1 is 1.20 bits per heavy atom. The molecule has 0 aliphatic carbocycles. The van der Waals surface area contributed by atoms with E-state index in [1.165, 1.54) is 11.3 Å². The molecule has 2 nitrogen and oxygen atoms in total. The van der Waals surface area contributed by atoms with E-state index in [2.05, 4.69) is 50.4 Å². The van der Waals surface area contributed by atoms with Crippen molar-refractivity contribution in [3.63, 3.8) is 0 Å². The minimum absolute atomic E-state index is 0.342. The minimum Gasteiger partial charge on any atom is -0.383 e. The zero-order valence-electron chi connectivity index (χ0n) is 10.1. The molecule has 0 spiro atoms. The number of para-hydroxylation sites is 1. The van der Waals surface area contributed by atoms with Gasteiger partial charge in [0.25, 0.3) is 0 Å². The summed E-state index contributed by atoms with van der Waals surface area (Å²) in [6, 6.07) is 8.79. The quantitative estimate of drug-likeness (QED) is 0.800. The van der Waals surface area contributed by atoms with Gasteiger partial charge in [0, 0.05) is 18.8 Å². The van der Waals surface area contributed by atoms with E-state index in [9.17, 15) is 0 Å². The molecular weight excluding hydrogens is 186 g/mol. The van der Waals surface area contributed by atoms with Crippen molar-refractivity contribution in [2.75, 3.05) is 19.0 Å². The zero-order valence-corrected chi connectivity index (χ0v) is 10.1. The average Bonchev–Trinajstić information content (AvgIpc) is 2.18. The van der Waals surface area contributed by atoms with Gasteiger partial charge in [-0.1, -0.05) is 32.0 Å². The molecule has 0 saturated heterocycles. The fourth-order valence-electron chi connectivity index (χ4n) is 1.69. The lowest BCUT2D eigenvalue weighted by Gasteiger charge is -2.19. The van der Waals surface area contributed by atoms with Crippen LogP contribution in [0.5, 0.6) is 0 Å². The number of nitrogens with one attached hydrogen (secondary N) is 1. The first-order valence-corrected chi connectivity index (χ1v) is 5.49. The molecule has 1 atom stereocenters. The standard InChI is InChI=1S/C13H21NO/c1-10(2)12-7-5-6-8-13(12)14-11(3)9-15-4/h5-8,10-11,14H,9H2,1-4H3/t11-/m1/s1. The maximum atomic E-state index is 5.11. The molecular formula is C13H21NO. The normalized spacial score (nSPS) is 12.9. The lowest BCUT2D eigenvalue weighted by molar-refractivity contribution is 0.190. The van der Waals surface area contributed by atoms with E-state index in [0.717, 1.165) is 6.61 Å². The second-order valence-electron chi connectivity index (χ2n) is 4.24. The van der Waals surface area contributed by atoms with E-state index >= 15 is 0 Å². The van der Waals surface area contributed by atoms with Crippen LogP contribution in [0.4, 0.5) is 5.69 Å². The van der Waals surface area contributed by atoms with E-state index in [-0.39, 0.29) is 0 Å². The van der Waals surface area contributed by atoms with Gasteiger partial charge in [0.2, 0.25) is 0 Å². The van der Waals surface area contributed by atoms with Crippen molar-refractivity contribution in [1.29, 1.82) is 0 Å². The topological polar surface area (TPSA) is 21.3 Å². The van der Waals surface area contributed by atoms with Gasteiger partial charge in [-0.25, -0.2) is 0 Å². The molecule has 0 aromatic heterocycles. The second-order valence-corrected chi connectivity index (χ2v) is 4.24. The minimum atomic E-state index is 0.342. The Kier molecular flexibility index (Phi) is 4.63. The van der Waals surface area contributed by atoms with Gasteiger partial charge in [0.05, 0.1) is 6.61 Å². The Morgan fingerprint density at radius 3 is 2.47 bits per heavy atom. The molecule has 84 valence electrons. The Morgan fingerprint density at radius 2 is 1.87 bits per heavy atom. The van der Waals surface area contributed by atoms with Gasteiger partial charge >= 0.3 is 0 Å². The lowest BCUT2D eigenvalue weighted by atomic mass is 10.0. The third kappa shape index (κ3) is 3.56. The number of rotatable bonds is 5. The van der Waals surface area contributed by atoms with Crippen molar-refractivity contribution in [3.05, 3.63) is 29.8 Å². The Balaban J connectivity index is 2.75. The van der Waals surface area contributed by atoms with E-state index in [1.807, 2.05) is 0 Å². The van der Waals surface area contributed by atoms with Crippen molar-refractivity contribution < 1.29 is 4.74 Å². The fourth-order valence-corrected chi connectivity index (χ4v) is 1.69. The van der Waals surface area contributed by atoms with Crippen molar-refractivity contribution >= 4 is 5.69 Å². The number of hydrogen-bond donors (Lipinski definition) is 1. The average molecular weight is 207 g/mol. The fraction of sp³-hybridized carbons (Fsp3) is 0.538. The van der Waals surface area contributed by atoms with Crippen molar-refractivity contribution in [2.45, 2.75) is 32.7 Å². The van der Waals surface area contributed by atoms with Gasteiger partial charge in [-0.05, 0) is 24.5 Å². The van der Waals surface area contributed by atoms with Crippen molar-refractivity contribution in [3.8, 4) is 0 Å². The predicted molar refractivity (Wildman–Crippen MR) is 65.5 cm³/mol. The van der Waals surface area contributed by atoms with Crippen LogP contribution in [0.2, 0.25) is 0 Å². The SMILES string of the molecule is COC[C@@H](C)Nc1ccccc1C(C)C. The van der Waals surface area contributed by atoms with E-state index in [0.29, 0.717) is 12.0 Å². The van der Waals surface area contributed by atoms with Crippen LogP contribution >= 0.6 is 0 Å². The lowest BCUT2D eigenvalue weighted by Crippen LogP contribution is -2.21. The highest BCUT2D eigenvalue weighted by Crippen LogP contribution is 2.24. The molecule has 1 aromatic carbocycles. The van der Waals surface area contributed by atoms with Crippen LogP contribution in [-0.2, 0) is 4.74 Å². The molecule has 0 saturated carbocycles. The Hall–Kier alpha value is -1.02. The predicted octanol–water partition coefficient (Wildman–Crippen LogP) is 3.26. The molecule has 2 heteroatoms. The Labute approximate surface area is 92.6 Å². The van der Waals surface area contributed by atoms with Crippen LogP contribution in [0.1, 0.15) is 32.3 Å². The highest BCUT2D eigenvalue weighted by Gasteiger charge is 2.07. The maximum absolute atomic E-state index is 5.11. The second kappa shape index (κ2) is 5.76. The summed E-state index contributed by atoms with van der Waals surface area (Å²) in [5.41, 5.74) is 2.58. The van der Waals surface area contributed by atoms with Gasteiger partial charge in [-0.15, -0.1) is 0 Å². The molecule has 1 N–H and O–H groups in total. The summed E-state index contributed by atoms with van der Waals surface area (Å²) >= 11 is 0. The molecule has 15 heavy (non-hydrogen) atoms. The van der Waals surface area contributed by atoms with Crippen LogP contribution in [0, 0.1) is 0 Å². The van der Waals surface area contributed by atoms with E-state index in [1.54, 1.807) is 7.11 Å². The summed E-state index contributed by atoms with van der Waals surface area (Å²) in [7, 11) is 1.73. The highest BCUT2D eigenvalue weighted by molar-refractivity contribution is 5.53. The zero-order chi connectivity index (χ0) is 11.3. The molecule has 0 bridgehead atoms. The van der Waals surface area contributed by atoms with E-state index < -0.39 is 0 Å². The maximum Gasteiger partial charge on any atom is 0.0661 e. The summed E-state index contributed by atoms with van der Waals surface area (Å²) in [5.74, 6) is 0.545. The van der Waals surface area contributed by atoms with Gasteiger partial charge < -0.3 is 10.1 Å². The first-order chi connectivity index (χ1) is 7.15. The summed E-state index contributed by atoms with van der Waals surface area (Å²) in [6.07, 6.45) is 0. The van der Waals surface area contributed by atoms with Crippen LogP contribution in [-0.4, -0.2) is 19.8 Å². The van der Waals surface area contributed by atoms with Gasteiger partial charge in [0.15, 0.2) is 0 Å². The molecule has 0 aliphatic rings. The molecule has 0 heterocycles. The van der Waals surface area contributed by atoms with Crippen LogP contribution in [0.25, 0.3) is 0 Å². The van der Waals surface area contributed by atoms with Crippen molar-refractivity contribution in [2.24, 2.45) is 0 Å². The number of hydrogen-bond acceptors (Lipinski definition) is 2. The molecule has 0 fully saturated rings. The Bertz CT molecular complexity index is 296. The van der Waals surface area contributed by atoms with Gasteiger partial charge in [-0.2, -0.15) is 0 Å². The summed E-state index contributed by atoms with van der Waals surface area (Å²) < 4.78 is 5.11. The molecule has 1 rings (SSSR count). The number of benzene rings is 1. The van der Waals surface area contributed by atoms with Gasteiger partial charge in [0.1, 0.15) is 0 Å². The molecule has 0 radical (unpaired) electrons. The highest BCUT2D eigenvalue weighted by atomic mass is 16.5. The third-order valence-corrected chi connectivity index (χ3v) is 2.40. The molecule has 0 unspecified atom stereocenters. The van der Waals surface area contributed by atoms with Crippen molar-refractivity contribution in [1.82, 2.24) is 0 Å². The summed E-state index contributed by atoms with van der Waals surface area (Å²) in [6.45, 7) is 7.27. The van der Waals surface area contributed by atoms with Crippen LogP contribution < -0.4 is 5.32 Å². The largest absolute Gasteiger partial charge is 0.383 e. The number of ether oxygens (including phenoxy) is 1.